The van der Waals surface area contributed by atoms with E-state index in [0.29, 0.717) is 11.5 Å². The summed E-state index contributed by atoms with van der Waals surface area (Å²) in [6.45, 7) is 2.40. The Morgan fingerprint density at radius 1 is 0.882 bits per heavy atom. The Bertz CT molecular complexity index is 541. The molecule has 0 bridgehead atoms. The van der Waals surface area contributed by atoms with Crippen molar-refractivity contribution < 1.29 is 10.2 Å². The summed E-state index contributed by atoms with van der Waals surface area (Å²) in [5.74, 6) is 0.610. The van der Waals surface area contributed by atoms with Crippen molar-refractivity contribution in [1.82, 2.24) is 0 Å². The van der Waals surface area contributed by atoms with Crippen LogP contribution in [0.5, 0.6) is 11.5 Å². The van der Waals surface area contributed by atoms with Crippen LogP contribution in [0.2, 0.25) is 6.32 Å². The number of phenols is 2. The highest BCUT2D eigenvalue weighted by Gasteiger charge is 2.30. The van der Waals surface area contributed by atoms with Gasteiger partial charge in [-0.1, -0.05) is 36.3 Å². The van der Waals surface area contributed by atoms with E-state index in [4.69, 9.17) is 0 Å². The summed E-state index contributed by atoms with van der Waals surface area (Å²) in [5, 5.41) is 19.2. The zero-order valence-electron chi connectivity index (χ0n) is 9.64. The van der Waals surface area contributed by atoms with E-state index in [9.17, 15) is 10.2 Å². The topological polar surface area (TPSA) is 40.5 Å². The maximum absolute atomic E-state index is 9.59. The lowest BCUT2D eigenvalue weighted by molar-refractivity contribution is 0.475. The van der Waals surface area contributed by atoms with Gasteiger partial charge in [0.1, 0.15) is 11.5 Å². The first kappa shape index (κ1) is 10.3. The minimum atomic E-state index is 0.277. The van der Waals surface area contributed by atoms with E-state index in [1.807, 2.05) is 24.3 Å². The van der Waals surface area contributed by atoms with Crippen molar-refractivity contribution in [2.75, 3.05) is 0 Å². The fourth-order valence-electron chi connectivity index (χ4n) is 2.77. The second kappa shape index (κ2) is 3.55. The van der Waals surface area contributed by atoms with Gasteiger partial charge in [-0.3, -0.25) is 0 Å². The van der Waals surface area contributed by atoms with E-state index in [0.717, 1.165) is 17.2 Å². The van der Waals surface area contributed by atoms with Crippen LogP contribution in [0.3, 0.4) is 0 Å². The molecule has 84 valence electrons. The lowest BCUT2D eigenvalue weighted by Crippen LogP contribution is -2.36. The molecule has 2 aromatic rings. The molecule has 2 aromatic carbocycles. The number of phenolic OH excluding ortho intramolecular Hbond substituents is 2. The molecule has 0 aliphatic carbocycles. The molecule has 0 saturated carbocycles. The van der Waals surface area contributed by atoms with Crippen molar-refractivity contribution in [2.45, 2.75) is 13.2 Å². The van der Waals surface area contributed by atoms with E-state index in [1.54, 1.807) is 12.1 Å². The highest BCUT2D eigenvalue weighted by Crippen LogP contribution is 2.28. The molecular formula is C14H13BO2. The standard InChI is InChI=1S/C14H13BO2/c1-2-15-13-7-9(16)3-5-11(13)12-6-4-10(17)8-14(12)15/h3-8,16-17H,2H2,1H3. The Morgan fingerprint density at radius 2 is 1.35 bits per heavy atom. The Morgan fingerprint density at radius 3 is 1.76 bits per heavy atom. The van der Waals surface area contributed by atoms with Crippen molar-refractivity contribution in [1.29, 1.82) is 0 Å². The number of hydrogen-bond acceptors (Lipinski definition) is 2. The minimum Gasteiger partial charge on any atom is -0.508 e. The quantitative estimate of drug-likeness (QED) is 0.724. The van der Waals surface area contributed by atoms with Gasteiger partial charge in [-0.25, -0.2) is 0 Å². The van der Waals surface area contributed by atoms with Crippen molar-refractivity contribution >= 4 is 17.6 Å². The first-order valence-corrected chi connectivity index (χ1v) is 5.87. The molecule has 2 N–H and O–H groups in total. The molecule has 17 heavy (non-hydrogen) atoms. The Hall–Kier alpha value is -1.90. The Kier molecular flexibility index (Phi) is 2.15. The van der Waals surface area contributed by atoms with Gasteiger partial charge in [-0.05, 0) is 35.4 Å². The predicted molar refractivity (Wildman–Crippen MR) is 70.7 cm³/mol. The van der Waals surface area contributed by atoms with Crippen LogP contribution in [0, 0.1) is 0 Å². The highest BCUT2D eigenvalue weighted by atomic mass is 16.3. The van der Waals surface area contributed by atoms with Gasteiger partial charge in [0.15, 0.2) is 0 Å². The molecule has 1 heterocycles. The monoisotopic (exact) mass is 224 g/mol. The van der Waals surface area contributed by atoms with Crippen LogP contribution in [0.4, 0.5) is 0 Å². The van der Waals surface area contributed by atoms with Crippen LogP contribution in [-0.4, -0.2) is 16.9 Å². The first-order chi connectivity index (χ1) is 8.20. The molecule has 0 atom stereocenters. The number of fused-ring (bicyclic) bond motifs is 3. The van der Waals surface area contributed by atoms with Crippen molar-refractivity contribution in [3.05, 3.63) is 36.4 Å². The van der Waals surface area contributed by atoms with Gasteiger partial charge in [0.2, 0.25) is 6.71 Å². The molecule has 1 aliphatic heterocycles. The van der Waals surface area contributed by atoms with Gasteiger partial charge >= 0.3 is 0 Å². The Balaban J connectivity index is 2.28. The molecule has 0 fully saturated rings. The molecule has 0 amide bonds. The van der Waals surface area contributed by atoms with Crippen molar-refractivity contribution in [3.63, 3.8) is 0 Å². The average molecular weight is 224 g/mol. The van der Waals surface area contributed by atoms with Gasteiger partial charge in [-0.2, -0.15) is 0 Å². The van der Waals surface area contributed by atoms with E-state index < -0.39 is 0 Å². The van der Waals surface area contributed by atoms with E-state index in [2.05, 4.69) is 6.92 Å². The molecule has 0 spiro atoms. The zero-order valence-corrected chi connectivity index (χ0v) is 9.64. The minimum absolute atomic E-state index is 0.277. The SMILES string of the molecule is CCB1c2cc(O)ccc2-c2ccc(O)cc21. The average Bonchev–Trinajstić information content (AvgIpc) is 2.60. The smallest absolute Gasteiger partial charge is 0.211 e. The molecule has 3 heteroatoms. The third-order valence-electron chi connectivity index (χ3n) is 3.52. The first-order valence-electron chi connectivity index (χ1n) is 5.87. The number of aromatic hydroxyl groups is 2. The van der Waals surface area contributed by atoms with Gasteiger partial charge < -0.3 is 10.2 Å². The number of benzene rings is 2. The lowest BCUT2D eigenvalue weighted by Gasteiger charge is -2.06. The molecule has 3 rings (SSSR count). The second-order valence-electron chi connectivity index (χ2n) is 4.50. The molecule has 2 nitrogen and oxygen atoms in total. The van der Waals surface area contributed by atoms with E-state index in [1.165, 1.54) is 11.1 Å². The second-order valence-corrected chi connectivity index (χ2v) is 4.50. The normalized spacial score (nSPS) is 12.4. The predicted octanol–water partition coefficient (Wildman–Crippen LogP) is 1.71. The summed E-state index contributed by atoms with van der Waals surface area (Å²) in [7, 11) is 0. The molecule has 0 radical (unpaired) electrons. The third-order valence-corrected chi connectivity index (χ3v) is 3.52. The van der Waals surface area contributed by atoms with Crippen molar-refractivity contribution in [3.8, 4) is 22.6 Å². The summed E-state index contributed by atoms with van der Waals surface area (Å²) in [4.78, 5) is 0. The third kappa shape index (κ3) is 1.42. The van der Waals surface area contributed by atoms with Crippen LogP contribution >= 0.6 is 0 Å². The van der Waals surface area contributed by atoms with E-state index in [-0.39, 0.29) is 6.71 Å². The van der Waals surface area contributed by atoms with Crippen LogP contribution in [0.15, 0.2) is 36.4 Å². The number of rotatable bonds is 1. The molecular weight excluding hydrogens is 211 g/mol. The summed E-state index contributed by atoms with van der Waals surface area (Å²) in [6, 6.07) is 11.0. The summed E-state index contributed by atoms with van der Waals surface area (Å²) in [5.41, 5.74) is 4.66. The largest absolute Gasteiger partial charge is 0.508 e. The van der Waals surface area contributed by atoms with Gasteiger partial charge in [0.25, 0.3) is 0 Å². The molecule has 0 aromatic heterocycles. The van der Waals surface area contributed by atoms with Gasteiger partial charge in [-0.15, -0.1) is 0 Å². The zero-order chi connectivity index (χ0) is 12.0. The fraction of sp³-hybridized carbons (Fsp3) is 0.143. The van der Waals surface area contributed by atoms with Crippen LogP contribution in [0.1, 0.15) is 6.92 Å². The van der Waals surface area contributed by atoms with Crippen molar-refractivity contribution in [2.24, 2.45) is 0 Å². The lowest BCUT2D eigenvalue weighted by atomic mass is 9.41. The maximum atomic E-state index is 9.59. The molecule has 0 unspecified atom stereocenters. The van der Waals surface area contributed by atoms with Gasteiger partial charge in [0.05, 0.1) is 0 Å². The van der Waals surface area contributed by atoms with Crippen LogP contribution in [-0.2, 0) is 0 Å². The molecule has 1 aliphatic rings. The van der Waals surface area contributed by atoms with Crippen LogP contribution < -0.4 is 10.9 Å². The fourth-order valence-corrected chi connectivity index (χ4v) is 2.77. The summed E-state index contributed by atoms with van der Waals surface area (Å²) < 4.78 is 0. The molecule has 0 saturated heterocycles. The Labute approximate surface area is 101 Å². The van der Waals surface area contributed by atoms with E-state index >= 15 is 0 Å². The number of hydrogen-bond donors (Lipinski definition) is 2. The maximum Gasteiger partial charge on any atom is 0.211 e. The summed E-state index contributed by atoms with van der Waals surface area (Å²) in [6.07, 6.45) is 0.965. The van der Waals surface area contributed by atoms with Crippen LogP contribution in [0.25, 0.3) is 11.1 Å². The summed E-state index contributed by atoms with van der Waals surface area (Å²) >= 11 is 0. The highest BCUT2D eigenvalue weighted by molar-refractivity contribution is 6.89. The van der Waals surface area contributed by atoms with Gasteiger partial charge in [0, 0.05) is 0 Å².